The van der Waals surface area contributed by atoms with Gasteiger partial charge in [-0.2, -0.15) is 0 Å². The Labute approximate surface area is 116 Å². The van der Waals surface area contributed by atoms with E-state index in [2.05, 4.69) is 5.32 Å². The average molecular weight is 268 g/mol. The fourth-order valence-electron chi connectivity index (χ4n) is 3.43. The summed E-state index contributed by atoms with van der Waals surface area (Å²) in [5.74, 6) is 0. The predicted molar refractivity (Wildman–Crippen MR) is 75.9 cm³/mol. The molecule has 0 aromatic heterocycles. The highest BCUT2D eigenvalue weighted by atomic mass is 16.6. The quantitative estimate of drug-likeness (QED) is 0.809. The number of amides is 1. The summed E-state index contributed by atoms with van der Waals surface area (Å²) in [4.78, 5) is 11.8. The maximum Gasteiger partial charge on any atom is 0.407 e. The van der Waals surface area contributed by atoms with E-state index in [1.54, 1.807) is 0 Å². The molecule has 0 aromatic carbocycles. The Bertz CT molecular complexity index is 339. The van der Waals surface area contributed by atoms with Crippen molar-refractivity contribution in [3.63, 3.8) is 0 Å². The molecule has 110 valence electrons. The SMILES string of the molecule is CC(C)(C)OC(=O)NCC12CCCC(N)(CC1)CC2. The molecule has 0 heterocycles. The normalized spacial score (nSPS) is 34.7. The van der Waals surface area contributed by atoms with Crippen molar-refractivity contribution in [1.82, 2.24) is 5.32 Å². The van der Waals surface area contributed by atoms with E-state index in [0.29, 0.717) is 0 Å². The Morgan fingerprint density at radius 3 is 2.37 bits per heavy atom. The smallest absolute Gasteiger partial charge is 0.407 e. The molecule has 0 unspecified atom stereocenters. The molecule has 4 heteroatoms. The second-order valence-electron chi connectivity index (χ2n) is 7.57. The van der Waals surface area contributed by atoms with Crippen LogP contribution in [0.25, 0.3) is 0 Å². The molecule has 3 saturated carbocycles. The van der Waals surface area contributed by atoms with Gasteiger partial charge in [0, 0.05) is 12.1 Å². The Balaban J connectivity index is 1.87. The summed E-state index contributed by atoms with van der Waals surface area (Å²) in [6.07, 6.45) is 7.69. The van der Waals surface area contributed by atoms with Crippen LogP contribution in [0.2, 0.25) is 0 Å². The fourth-order valence-corrected chi connectivity index (χ4v) is 3.43. The Morgan fingerprint density at radius 2 is 1.79 bits per heavy atom. The molecule has 1 amide bonds. The van der Waals surface area contributed by atoms with Crippen molar-refractivity contribution in [1.29, 1.82) is 0 Å². The van der Waals surface area contributed by atoms with E-state index in [9.17, 15) is 4.79 Å². The number of fused-ring (bicyclic) bond motifs is 4. The van der Waals surface area contributed by atoms with Crippen LogP contribution in [0.3, 0.4) is 0 Å². The van der Waals surface area contributed by atoms with E-state index in [0.717, 1.165) is 38.6 Å². The predicted octanol–water partition coefficient (Wildman–Crippen LogP) is 2.95. The summed E-state index contributed by atoms with van der Waals surface area (Å²) < 4.78 is 5.31. The van der Waals surface area contributed by atoms with Crippen molar-refractivity contribution in [2.24, 2.45) is 11.1 Å². The van der Waals surface area contributed by atoms with Crippen LogP contribution in [0.15, 0.2) is 0 Å². The van der Waals surface area contributed by atoms with Gasteiger partial charge in [-0.3, -0.25) is 0 Å². The molecule has 0 aromatic rings. The zero-order valence-corrected chi connectivity index (χ0v) is 12.6. The Hall–Kier alpha value is -0.770. The minimum absolute atomic E-state index is 0.0753. The minimum atomic E-state index is -0.426. The maximum atomic E-state index is 11.8. The van der Waals surface area contributed by atoms with E-state index in [1.807, 2.05) is 20.8 Å². The number of rotatable bonds is 2. The standard InChI is InChI=1S/C15H28N2O2/c1-13(2,3)19-12(18)17-11-14-5-4-6-15(16,9-7-14)10-8-14/h4-11,16H2,1-3H3,(H,17,18). The lowest BCUT2D eigenvalue weighted by atomic mass is 9.69. The van der Waals surface area contributed by atoms with Gasteiger partial charge in [0.1, 0.15) is 5.60 Å². The first-order chi connectivity index (χ1) is 8.72. The highest BCUT2D eigenvalue weighted by Gasteiger charge is 2.43. The van der Waals surface area contributed by atoms with E-state index >= 15 is 0 Å². The molecule has 0 aliphatic heterocycles. The van der Waals surface area contributed by atoms with Crippen LogP contribution in [0.4, 0.5) is 4.79 Å². The number of ether oxygens (including phenoxy) is 1. The molecule has 2 bridgehead atoms. The van der Waals surface area contributed by atoms with Crippen molar-refractivity contribution in [2.45, 2.75) is 76.9 Å². The summed E-state index contributed by atoms with van der Waals surface area (Å²) in [6, 6.07) is 0. The van der Waals surface area contributed by atoms with Crippen LogP contribution in [0.5, 0.6) is 0 Å². The van der Waals surface area contributed by atoms with Crippen LogP contribution in [0.1, 0.15) is 65.7 Å². The molecule has 3 aliphatic carbocycles. The van der Waals surface area contributed by atoms with Crippen molar-refractivity contribution >= 4 is 6.09 Å². The second kappa shape index (κ2) is 4.97. The van der Waals surface area contributed by atoms with E-state index < -0.39 is 5.60 Å². The largest absolute Gasteiger partial charge is 0.444 e. The number of alkyl carbamates (subject to hydrolysis) is 1. The summed E-state index contributed by atoms with van der Waals surface area (Å²) in [7, 11) is 0. The molecule has 0 radical (unpaired) electrons. The highest BCUT2D eigenvalue weighted by Crippen LogP contribution is 2.48. The zero-order chi connectivity index (χ0) is 14.1. The second-order valence-corrected chi connectivity index (χ2v) is 7.57. The van der Waals surface area contributed by atoms with Gasteiger partial charge in [0.05, 0.1) is 0 Å². The van der Waals surface area contributed by atoms with Gasteiger partial charge in [0.2, 0.25) is 0 Å². The van der Waals surface area contributed by atoms with Crippen molar-refractivity contribution in [3.8, 4) is 0 Å². The van der Waals surface area contributed by atoms with Gasteiger partial charge in [0.25, 0.3) is 0 Å². The Morgan fingerprint density at radius 1 is 1.16 bits per heavy atom. The monoisotopic (exact) mass is 268 g/mol. The average Bonchev–Trinajstić information content (AvgIpc) is 2.54. The fraction of sp³-hybridized carbons (Fsp3) is 0.933. The van der Waals surface area contributed by atoms with Gasteiger partial charge in [-0.05, 0) is 64.7 Å². The molecule has 0 saturated heterocycles. The molecular weight excluding hydrogens is 240 g/mol. The number of carbonyl (C=O) groups excluding carboxylic acids is 1. The first-order valence-corrected chi connectivity index (χ1v) is 7.48. The number of nitrogens with one attached hydrogen (secondary N) is 1. The zero-order valence-electron chi connectivity index (χ0n) is 12.6. The Kier molecular flexibility index (Phi) is 3.83. The number of carbonyl (C=O) groups is 1. The summed E-state index contributed by atoms with van der Waals surface area (Å²) in [5, 5.41) is 2.96. The van der Waals surface area contributed by atoms with Gasteiger partial charge in [-0.15, -0.1) is 0 Å². The lowest BCUT2D eigenvalue weighted by Crippen LogP contribution is -2.47. The maximum absolute atomic E-state index is 11.8. The van der Waals surface area contributed by atoms with Crippen molar-refractivity contribution in [2.75, 3.05) is 6.54 Å². The first kappa shape index (κ1) is 14.6. The molecule has 3 aliphatic rings. The van der Waals surface area contributed by atoms with Gasteiger partial charge in [-0.1, -0.05) is 6.42 Å². The summed E-state index contributed by atoms with van der Waals surface area (Å²) in [6.45, 7) is 6.40. The van der Waals surface area contributed by atoms with Gasteiger partial charge < -0.3 is 15.8 Å². The van der Waals surface area contributed by atoms with E-state index in [-0.39, 0.29) is 17.0 Å². The van der Waals surface area contributed by atoms with E-state index in [4.69, 9.17) is 10.5 Å². The molecule has 0 spiro atoms. The third kappa shape index (κ3) is 3.85. The molecule has 0 atom stereocenters. The van der Waals surface area contributed by atoms with Crippen LogP contribution >= 0.6 is 0 Å². The van der Waals surface area contributed by atoms with Crippen molar-refractivity contribution < 1.29 is 9.53 Å². The topological polar surface area (TPSA) is 64.3 Å². The van der Waals surface area contributed by atoms with Crippen LogP contribution < -0.4 is 11.1 Å². The van der Waals surface area contributed by atoms with Crippen molar-refractivity contribution in [3.05, 3.63) is 0 Å². The lowest BCUT2D eigenvalue weighted by Gasteiger charge is -2.41. The van der Waals surface area contributed by atoms with Crippen LogP contribution in [-0.2, 0) is 4.74 Å². The number of hydrogen-bond donors (Lipinski definition) is 2. The molecular formula is C15H28N2O2. The highest BCUT2D eigenvalue weighted by molar-refractivity contribution is 5.67. The molecule has 4 nitrogen and oxygen atoms in total. The first-order valence-electron chi connectivity index (χ1n) is 7.48. The summed E-state index contributed by atoms with van der Waals surface area (Å²) in [5.41, 5.74) is 6.29. The van der Waals surface area contributed by atoms with Gasteiger partial charge in [-0.25, -0.2) is 4.79 Å². The molecule has 3 rings (SSSR count). The molecule has 3 N–H and O–H groups in total. The van der Waals surface area contributed by atoms with Crippen LogP contribution in [-0.4, -0.2) is 23.8 Å². The third-order valence-electron chi connectivity index (χ3n) is 4.69. The minimum Gasteiger partial charge on any atom is -0.444 e. The van der Waals surface area contributed by atoms with Gasteiger partial charge in [0.15, 0.2) is 0 Å². The van der Waals surface area contributed by atoms with E-state index in [1.165, 1.54) is 12.8 Å². The van der Waals surface area contributed by atoms with Gasteiger partial charge >= 0.3 is 6.09 Å². The molecule has 3 fully saturated rings. The molecule has 19 heavy (non-hydrogen) atoms. The lowest BCUT2D eigenvalue weighted by molar-refractivity contribution is 0.0475. The summed E-state index contributed by atoms with van der Waals surface area (Å²) >= 11 is 0. The third-order valence-corrected chi connectivity index (χ3v) is 4.69. The number of nitrogens with two attached hydrogens (primary N) is 1. The number of hydrogen-bond acceptors (Lipinski definition) is 3. The van der Waals surface area contributed by atoms with Crippen LogP contribution in [0, 0.1) is 5.41 Å².